The zero-order valence-corrected chi connectivity index (χ0v) is 13.8. The first-order chi connectivity index (χ1) is 11.6. The normalized spacial score (nSPS) is 11.2. The predicted molar refractivity (Wildman–Crippen MR) is 84.1 cm³/mol. The summed E-state index contributed by atoms with van der Waals surface area (Å²) in [6.07, 6.45) is 1.99. The van der Waals surface area contributed by atoms with Gasteiger partial charge in [0.15, 0.2) is 0 Å². The van der Waals surface area contributed by atoms with Crippen molar-refractivity contribution in [2.45, 2.75) is 31.8 Å². The highest BCUT2D eigenvalue weighted by atomic mass is 16.5. The van der Waals surface area contributed by atoms with Crippen LogP contribution in [0.1, 0.15) is 25.0 Å². The van der Waals surface area contributed by atoms with E-state index in [-0.39, 0.29) is 12.5 Å². The number of hydrogen-bond acceptors (Lipinski definition) is 6. The molecule has 3 N–H and O–H groups in total. The maximum absolute atomic E-state index is 12.2. The Balaban J connectivity index is 2.39. The summed E-state index contributed by atoms with van der Waals surface area (Å²) in [5.74, 6) is 0.278. The van der Waals surface area contributed by atoms with Gasteiger partial charge in [0.1, 0.15) is 11.8 Å². The minimum Gasteiger partial charge on any atom is -0.467 e. The third-order valence-corrected chi connectivity index (χ3v) is 3.19. The van der Waals surface area contributed by atoms with Gasteiger partial charge < -0.3 is 29.8 Å². The van der Waals surface area contributed by atoms with Gasteiger partial charge in [0.05, 0.1) is 27.0 Å². The summed E-state index contributed by atoms with van der Waals surface area (Å²) < 4.78 is 14.1. The van der Waals surface area contributed by atoms with Gasteiger partial charge in [-0.25, -0.2) is 9.59 Å². The van der Waals surface area contributed by atoms with Gasteiger partial charge in [-0.2, -0.15) is 0 Å². The lowest BCUT2D eigenvalue weighted by Gasteiger charge is -2.17. The summed E-state index contributed by atoms with van der Waals surface area (Å²) in [5, 5.41) is 7.73. The van der Waals surface area contributed by atoms with Crippen molar-refractivity contribution in [1.29, 1.82) is 0 Å². The van der Waals surface area contributed by atoms with Gasteiger partial charge in [0, 0.05) is 6.54 Å². The third-order valence-electron chi connectivity index (χ3n) is 3.19. The molecule has 1 heterocycles. The average molecular weight is 341 g/mol. The fourth-order valence-electron chi connectivity index (χ4n) is 1.92. The Bertz CT molecular complexity index is 517. The first kappa shape index (κ1) is 19.3. The molecule has 0 saturated carbocycles. The molecule has 134 valence electrons. The van der Waals surface area contributed by atoms with Crippen LogP contribution >= 0.6 is 0 Å². The van der Waals surface area contributed by atoms with Crippen molar-refractivity contribution >= 4 is 18.1 Å². The molecule has 0 fully saturated rings. The maximum atomic E-state index is 12.2. The first-order valence-corrected chi connectivity index (χ1v) is 7.53. The van der Waals surface area contributed by atoms with Gasteiger partial charge in [-0.3, -0.25) is 4.79 Å². The van der Waals surface area contributed by atoms with Crippen LogP contribution in [0.25, 0.3) is 0 Å². The van der Waals surface area contributed by atoms with Crippen molar-refractivity contribution in [1.82, 2.24) is 16.0 Å². The zero-order valence-electron chi connectivity index (χ0n) is 13.8. The molecule has 0 aliphatic heterocycles. The molecule has 9 nitrogen and oxygen atoms in total. The van der Waals surface area contributed by atoms with E-state index in [0.717, 1.165) is 0 Å². The van der Waals surface area contributed by atoms with E-state index in [1.807, 2.05) is 0 Å². The van der Waals surface area contributed by atoms with Crippen LogP contribution in [0, 0.1) is 0 Å². The summed E-state index contributed by atoms with van der Waals surface area (Å²) >= 11 is 0. The van der Waals surface area contributed by atoms with Crippen LogP contribution in [0.5, 0.6) is 0 Å². The maximum Gasteiger partial charge on any atom is 0.407 e. The molecule has 1 aromatic rings. The molecule has 3 amide bonds. The molecule has 9 heteroatoms. The van der Waals surface area contributed by atoms with Crippen LogP contribution in [0.2, 0.25) is 0 Å². The van der Waals surface area contributed by atoms with Crippen molar-refractivity contribution in [3.8, 4) is 0 Å². The second-order valence-corrected chi connectivity index (χ2v) is 4.90. The molecule has 24 heavy (non-hydrogen) atoms. The summed E-state index contributed by atoms with van der Waals surface area (Å²) in [6, 6.07) is 2.73. The lowest BCUT2D eigenvalue weighted by Crippen LogP contribution is -2.46. The Morgan fingerprint density at radius 1 is 1.12 bits per heavy atom. The molecule has 0 radical (unpaired) electrons. The minimum atomic E-state index is -0.731. The van der Waals surface area contributed by atoms with E-state index >= 15 is 0 Å². The number of amides is 3. The van der Waals surface area contributed by atoms with Crippen LogP contribution in [-0.4, -0.2) is 44.9 Å². The van der Waals surface area contributed by atoms with Crippen molar-refractivity contribution < 1.29 is 28.3 Å². The number of furan rings is 1. The van der Waals surface area contributed by atoms with E-state index in [1.165, 1.54) is 20.5 Å². The number of unbranched alkanes of at least 4 members (excludes halogenated alkanes) is 1. The van der Waals surface area contributed by atoms with E-state index in [1.54, 1.807) is 12.1 Å². The Hall–Kier alpha value is -2.71. The highest BCUT2D eigenvalue weighted by Gasteiger charge is 2.20. The molecule has 0 aliphatic rings. The number of methoxy groups -OCH3 is 2. The number of carbonyl (C=O) groups excluding carboxylic acids is 3. The highest BCUT2D eigenvalue weighted by Crippen LogP contribution is 2.04. The summed E-state index contributed by atoms with van der Waals surface area (Å²) in [7, 11) is 2.52. The first-order valence-electron chi connectivity index (χ1n) is 7.53. The number of ether oxygens (including phenoxy) is 2. The molecule has 0 aromatic carbocycles. The fraction of sp³-hybridized carbons (Fsp3) is 0.533. The molecular weight excluding hydrogens is 318 g/mol. The molecule has 0 spiro atoms. The average Bonchev–Trinajstić information content (AvgIpc) is 3.11. The number of rotatable bonds is 9. The van der Waals surface area contributed by atoms with E-state index in [4.69, 9.17) is 4.42 Å². The van der Waals surface area contributed by atoms with Gasteiger partial charge in [-0.05, 0) is 31.4 Å². The third kappa shape index (κ3) is 7.52. The van der Waals surface area contributed by atoms with Gasteiger partial charge in [0.2, 0.25) is 5.91 Å². The standard InChI is InChI=1S/C15H23N3O6/c1-22-14(20)16-8-4-3-7-12(18-15(21)23-2)13(19)17-10-11-6-5-9-24-11/h5-6,9,12H,3-4,7-8,10H2,1-2H3,(H,16,20)(H,17,19)(H,18,21). The number of hydrogen-bond donors (Lipinski definition) is 3. The van der Waals surface area contributed by atoms with Crippen molar-refractivity contribution in [2.24, 2.45) is 0 Å². The molecule has 1 atom stereocenters. The summed E-state index contributed by atoms with van der Waals surface area (Å²) in [5.41, 5.74) is 0. The van der Waals surface area contributed by atoms with Crippen LogP contribution < -0.4 is 16.0 Å². The lowest BCUT2D eigenvalue weighted by molar-refractivity contribution is -0.123. The van der Waals surface area contributed by atoms with E-state index in [9.17, 15) is 14.4 Å². The summed E-state index contributed by atoms with van der Waals surface area (Å²) in [4.78, 5) is 34.5. The molecule has 0 bridgehead atoms. The molecule has 1 unspecified atom stereocenters. The van der Waals surface area contributed by atoms with Gasteiger partial charge in [-0.1, -0.05) is 0 Å². The van der Waals surface area contributed by atoms with Crippen molar-refractivity contribution in [2.75, 3.05) is 20.8 Å². The quantitative estimate of drug-likeness (QED) is 0.580. The highest BCUT2D eigenvalue weighted by molar-refractivity contribution is 5.85. The largest absolute Gasteiger partial charge is 0.467 e. The molecular formula is C15H23N3O6. The van der Waals surface area contributed by atoms with E-state index < -0.39 is 18.2 Å². The van der Waals surface area contributed by atoms with Crippen molar-refractivity contribution in [3.05, 3.63) is 24.2 Å². The Morgan fingerprint density at radius 2 is 1.88 bits per heavy atom. The van der Waals surface area contributed by atoms with Gasteiger partial charge >= 0.3 is 12.2 Å². The Labute approximate surface area is 140 Å². The van der Waals surface area contributed by atoms with E-state index in [0.29, 0.717) is 31.6 Å². The second-order valence-electron chi connectivity index (χ2n) is 4.90. The van der Waals surface area contributed by atoms with Crippen LogP contribution in [0.4, 0.5) is 9.59 Å². The van der Waals surface area contributed by atoms with Gasteiger partial charge in [-0.15, -0.1) is 0 Å². The Morgan fingerprint density at radius 3 is 2.50 bits per heavy atom. The number of nitrogens with one attached hydrogen (secondary N) is 3. The fourth-order valence-corrected chi connectivity index (χ4v) is 1.92. The molecule has 0 saturated heterocycles. The minimum absolute atomic E-state index is 0.231. The van der Waals surface area contributed by atoms with Crippen LogP contribution in [-0.2, 0) is 20.8 Å². The number of alkyl carbamates (subject to hydrolysis) is 2. The van der Waals surface area contributed by atoms with Gasteiger partial charge in [0.25, 0.3) is 0 Å². The summed E-state index contributed by atoms with van der Waals surface area (Å²) in [6.45, 7) is 0.653. The monoisotopic (exact) mass is 341 g/mol. The van der Waals surface area contributed by atoms with Crippen LogP contribution in [0.15, 0.2) is 22.8 Å². The number of carbonyl (C=O) groups is 3. The topological polar surface area (TPSA) is 119 Å². The second kappa shape index (κ2) is 10.9. The molecule has 1 rings (SSSR count). The van der Waals surface area contributed by atoms with E-state index in [2.05, 4.69) is 25.4 Å². The van der Waals surface area contributed by atoms with Crippen molar-refractivity contribution in [3.63, 3.8) is 0 Å². The molecule has 0 aliphatic carbocycles. The Kier molecular flexibility index (Phi) is 8.80. The molecule has 1 aromatic heterocycles. The smallest absolute Gasteiger partial charge is 0.407 e. The zero-order chi connectivity index (χ0) is 17.8. The predicted octanol–water partition coefficient (Wildman–Crippen LogP) is 1.15. The van der Waals surface area contributed by atoms with Crippen LogP contribution in [0.3, 0.4) is 0 Å². The lowest BCUT2D eigenvalue weighted by atomic mass is 10.1. The SMILES string of the molecule is COC(=O)NCCCCC(NC(=O)OC)C(=O)NCc1ccco1.